The lowest BCUT2D eigenvalue weighted by atomic mass is 10.1. The Morgan fingerprint density at radius 3 is 2.55 bits per heavy atom. The summed E-state index contributed by atoms with van der Waals surface area (Å²) in [6, 6.07) is 5.45. The summed E-state index contributed by atoms with van der Waals surface area (Å²) in [4.78, 5) is 11.5. The molecule has 0 spiro atoms. The molecule has 0 saturated heterocycles. The first kappa shape index (κ1) is 16.7. The maximum atomic E-state index is 11.5. The maximum absolute atomic E-state index is 11.5. The second-order valence-corrected chi connectivity index (χ2v) is 6.54. The van der Waals surface area contributed by atoms with Crippen molar-refractivity contribution >= 4 is 39.1 Å². The summed E-state index contributed by atoms with van der Waals surface area (Å²) < 4.78 is 23.7. The molecule has 2 N–H and O–H groups in total. The van der Waals surface area contributed by atoms with E-state index in [2.05, 4.69) is 5.32 Å². The summed E-state index contributed by atoms with van der Waals surface area (Å²) in [5.74, 6) is -0.631. The minimum Gasteiger partial charge on any atom is -0.335 e. The van der Waals surface area contributed by atoms with Crippen molar-refractivity contribution in [2.45, 2.75) is 6.04 Å². The summed E-state index contributed by atoms with van der Waals surface area (Å²) in [6.45, 7) is -0.446. The number of hydrogen-bond acceptors (Lipinski definition) is 4. The van der Waals surface area contributed by atoms with Gasteiger partial charge in [-0.25, -0.2) is 13.1 Å². The molecule has 0 aliphatic carbocycles. The Morgan fingerprint density at radius 1 is 1.40 bits per heavy atom. The van der Waals surface area contributed by atoms with E-state index in [0.717, 1.165) is 6.26 Å². The third-order valence-electron chi connectivity index (χ3n) is 2.21. The quantitative estimate of drug-likeness (QED) is 0.845. The number of hydrogen-bond donors (Lipinski definition) is 2. The van der Waals surface area contributed by atoms with Gasteiger partial charge in [-0.05, 0) is 17.7 Å². The molecule has 1 aromatic carbocycles. The van der Waals surface area contributed by atoms with Gasteiger partial charge in [0.25, 0.3) is 0 Å². The molecule has 0 unspecified atom stereocenters. The van der Waals surface area contributed by atoms with Crippen molar-refractivity contribution in [1.29, 1.82) is 5.26 Å². The molecular formula is C11H11Cl2N3O3S. The molecule has 0 radical (unpaired) electrons. The summed E-state index contributed by atoms with van der Waals surface area (Å²) in [5, 5.41) is 12.0. The highest BCUT2D eigenvalue weighted by atomic mass is 35.5. The van der Waals surface area contributed by atoms with Crippen molar-refractivity contribution in [2.75, 3.05) is 12.8 Å². The van der Waals surface area contributed by atoms with Crippen LogP contribution >= 0.6 is 23.2 Å². The van der Waals surface area contributed by atoms with Gasteiger partial charge in [0, 0.05) is 0 Å². The summed E-state index contributed by atoms with van der Waals surface area (Å²) >= 11 is 11.6. The number of amides is 1. The highest BCUT2D eigenvalue weighted by Gasteiger charge is 2.15. The maximum Gasteiger partial charge on any atom is 0.236 e. The Kier molecular flexibility index (Phi) is 5.77. The van der Waals surface area contributed by atoms with E-state index in [1.54, 1.807) is 6.07 Å². The number of rotatable bonds is 5. The van der Waals surface area contributed by atoms with Crippen LogP contribution in [0.25, 0.3) is 0 Å². The lowest BCUT2D eigenvalue weighted by Crippen LogP contribution is -2.37. The highest BCUT2D eigenvalue weighted by Crippen LogP contribution is 2.25. The third kappa shape index (κ3) is 5.35. The highest BCUT2D eigenvalue weighted by molar-refractivity contribution is 7.88. The molecule has 0 fully saturated rings. The SMILES string of the molecule is CS(=O)(=O)NCC(=O)N[C@@H](C#N)c1ccc(Cl)c(Cl)c1. The van der Waals surface area contributed by atoms with E-state index < -0.39 is 28.5 Å². The molecule has 0 bridgehead atoms. The number of nitrogens with one attached hydrogen (secondary N) is 2. The van der Waals surface area contributed by atoms with Gasteiger partial charge in [0.1, 0.15) is 6.04 Å². The number of nitriles is 1. The van der Waals surface area contributed by atoms with Gasteiger partial charge in [0.2, 0.25) is 15.9 Å². The van der Waals surface area contributed by atoms with Crippen LogP contribution < -0.4 is 10.0 Å². The first-order chi connectivity index (χ1) is 9.23. The first-order valence-electron chi connectivity index (χ1n) is 5.31. The minimum absolute atomic E-state index is 0.257. The fraction of sp³-hybridized carbons (Fsp3) is 0.273. The number of sulfonamides is 1. The monoisotopic (exact) mass is 335 g/mol. The fourth-order valence-electron chi connectivity index (χ4n) is 1.29. The lowest BCUT2D eigenvalue weighted by molar-refractivity contribution is -0.120. The van der Waals surface area contributed by atoms with E-state index in [1.807, 2.05) is 10.8 Å². The molecule has 0 heterocycles. The molecule has 1 aromatic rings. The standard InChI is InChI=1S/C11H11Cl2N3O3S/c1-20(18,19)15-6-11(17)16-10(5-14)7-2-3-8(12)9(13)4-7/h2-4,10,15H,6H2,1H3,(H,16,17)/t10-/m0/s1. The van der Waals surface area contributed by atoms with Crippen LogP contribution in [-0.2, 0) is 14.8 Å². The Labute approximate surface area is 126 Å². The molecule has 9 heteroatoms. The Morgan fingerprint density at radius 2 is 2.05 bits per heavy atom. The van der Waals surface area contributed by atoms with Crippen molar-refractivity contribution in [3.63, 3.8) is 0 Å². The van der Waals surface area contributed by atoms with E-state index in [-0.39, 0.29) is 5.02 Å². The number of carbonyl (C=O) groups excluding carboxylic acids is 1. The molecule has 0 saturated carbocycles. The lowest BCUT2D eigenvalue weighted by Gasteiger charge is -2.12. The molecule has 108 valence electrons. The van der Waals surface area contributed by atoms with Gasteiger partial charge in [0.15, 0.2) is 0 Å². The number of halogens is 2. The van der Waals surface area contributed by atoms with Crippen LogP contribution in [0.15, 0.2) is 18.2 Å². The zero-order valence-electron chi connectivity index (χ0n) is 10.4. The molecule has 20 heavy (non-hydrogen) atoms. The predicted molar refractivity (Wildman–Crippen MR) is 75.8 cm³/mol. The Hall–Kier alpha value is -1.33. The van der Waals surface area contributed by atoms with Gasteiger partial charge in [-0.15, -0.1) is 0 Å². The molecule has 1 rings (SSSR count). The van der Waals surface area contributed by atoms with Gasteiger partial charge in [-0.3, -0.25) is 4.79 Å². The molecule has 1 atom stereocenters. The average molecular weight is 336 g/mol. The Balaban J connectivity index is 2.75. The van der Waals surface area contributed by atoms with Crippen LogP contribution in [0.2, 0.25) is 10.0 Å². The van der Waals surface area contributed by atoms with Gasteiger partial charge < -0.3 is 5.32 Å². The Bertz CT molecular complexity index is 655. The topological polar surface area (TPSA) is 99.1 Å². The smallest absolute Gasteiger partial charge is 0.236 e. The molecule has 0 aromatic heterocycles. The van der Waals surface area contributed by atoms with E-state index >= 15 is 0 Å². The van der Waals surface area contributed by atoms with Gasteiger partial charge in [-0.2, -0.15) is 5.26 Å². The molecule has 0 aliphatic rings. The molecule has 1 amide bonds. The molecule has 6 nitrogen and oxygen atoms in total. The van der Waals surface area contributed by atoms with Crippen molar-refractivity contribution in [3.8, 4) is 6.07 Å². The van der Waals surface area contributed by atoms with Crippen LogP contribution in [0, 0.1) is 11.3 Å². The van der Waals surface area contributed by atoms with Crippen molar-refractivity contribution in [2.24, 2.45) is 0 Å². The average Bonchev–Trinajstić information content (AvgIpc) is 2.36. The van der Waals surface area contributed by atoms with E-state index in [4.69, 9.17) is 28.5 Å². The van der Waals surface area contributed by atoms with Gasteiger partial charge in [-0.1, -0.05) is 29.3 Å². The van der Waals surface area contributed by atoms with Crippen molar-refractivity contribution in [3.05, 3.63) is 33.8 Å². The van der Waals surface area contributed by atoms with Crippen LogP contribution in [0.5, 0.6) is 0 Å². The number of nitrogens with zero attached hydrogens (tertiary/aromatic N) is 1. The first-order valence-corrected chi connectivity index (χ1v) is 7.96. The number of benzene rings is 1. The number of carbonyl (C=O) groups is 1. The third-order valence-corrected chi connectivity index (χ3v) is 3.61. The van der Waals surface area contributed by atoms with E-state index in [0.29, 0.717) is 10.6 Å². The zero-order valence-corrected chi connectivity index (χ0v) is 12.7. The van der Waals surface area contributed by atoms with Crippen LogP contribution in [0.4, 0.5) is 0 Å². The van der Waals surface area contributed by atoms with Gasteiger partial charge >= 0.3 is 0 Å². The molecule has 0 aliphatic heterocycles. The van der Waals surface area contributed by atoms with E-state index in [1.165, 1.54) is 12.1 Å². The van der Waals surface area contributed by atoms with Gasteiger partial charge in [0.05, 0.1) is 28.9 Å². The summed E-state index contributed by atoms with van der Waals surface area (Å²) in [7, 11) is -3.47. The molecular weight excluding hydrogens is 325 g/mol. The van der Waals surface area contributed by atoms with Crippen molar-refractivity contribution < 1.29 is 13.2 Å². The largest absolute Gasteiger partial charge is 0.335 e. The minimum atomic E-state index is -3.47. The zero-order chi connectivity index (χ0) is 15.3. The summed E-state index contributed by atoms with van der Waals surface area (Å²) in [6.07, 6.45) is 0.932. The second-order valence-electron chi connectivity index (χ2n) is 3.90. The second kappa shape index (κ2) is 6.90. The van der Waals surface area contributed by atoms with Crippen LogP contribution in [0.1, 0.15) is 11.6 Å². The summed E-state index contributed by atoms with van der Waals surface area (Å²) in [5.41, 5.74) is 0.453. The van der Waals surface area contributed by atoms with Crippen LogP contribution in [0.3, 0.4) is 0 Å². The predicted octanol–water partition coefficient (Wildman–Crippen LogP) is 1.22. The van der Waals surface area contributed by atoms with Crippen LogP contribution in [-0.4, -0.2) is 27.1 Å². The van der Waals surface area contributed by atoms with E-state index in [9.17, 15) is 13.2 Å². The fourth-order valence-corrected chi connectivity index (χ4v) is 1.99. The normalized spacial score (nSPS) is 12.5. The van der Waals surface area contributed by atoms with Crippen molar-refractivity contribution in [1.82, 2.24) is 10.0 Å².